The van der Waals surface area contributed by atoms with Crippen LogP contribution in [0.25, 0.3) is 0 Å². The van der Waals surface area contributed by atoms with E-state index < -0.39 is 4.92 Å². The highest BCUT2D eigenvalue weighted by Gasteiger charge is 2.23. The summed E-state index contributed by atoms with van der Waals surface area (Å²) in [6, 6.07) is 0.289. The summed E-state index contributed by atoms with van der Waals surface area (Å²) in [5.41, 5.74) is 2.49. The number of nitrogen functional groups attached to an aromatic ring is 1. The Morgan fingerprint density at radius 1 is 1.43 bits per heavy atom. The Kier molecular flexibility index (Phi) is 4.86. The minimum absolute atomic E-state index is 0.109. The fourth-order valence-corrected chi connectivity index (χ4v) is 2.53. The van der Waals surface area contributed by atoms with Crippen molar-refractivity contribution in [3.63, 3.8) is 0 Å². The molecule has 1 unspecified atom stereocenters. The zero-order valence-corrected chi connectivity index (χ0v) is 12.3. The molecule has 2 heterocycles. The molecule has 0 bridgehead atoms. The van der Waals surface area contributed by atoms with E-state index in [-0.39, 0.29) is 29.2 Å². The van der Waals surface area contributed by atoms with Crippen LogP contribution in [0.5, 0.6) is 0 Å². The topological polar surface area (TPSA) is 122 Å². The Labute approximate surface area is 123 Å². The van der Waals surface area contributed by atoms with Crippen molar-refractivity contribution >= 4 is 17.5 Å². The average Bonchev–Trinajstić information content (AvgIpc) is 2.97. The van der Waals surface area contributed by atoms with Gasteiger partial charge in [0.25, 0.3) is 0 Å². The molecule has 0 aliphatic carbocycles. The second-order valence-corrected chi connectivity index (χ2v) is 5.20. The van der Waals surface area contributed by atoms with Gasteiger partial charge in [-0.15, -0.1) is 0 Å². The minimum atomic E-state index is -0.474. The molecule has 0 radical (unpaired) electrons. The van der Waals surface area contributed by atoms with Crippen LogP contribution in [-0.4, -0.2) is 45.5 Å². The molecule has 0 aromatic carbocycles. The number of nitrogens with one attached hydrogen (secondary N) is 2. The average molecular weight is 295 g/mol. The van der Waals surface area contributed by atoms with Gasteiger partial charge >= 0.3 is 5.69 Å². The number of hydrazine groups is 1. The van der Waals surface area contributed by atoms with Crippen molar-refractivity contribution in [3.05, 3.63) is 15.8 Å². The van der Waals surface area contributed by atoms with Gasteiger partial charge in [-0.1, -0.05) is 0 Å². The highest BCUT2D eigenvalue weighted by molar-refractivity contribution is 5.60. The summed E-state index contributed by atoms with van der Waals surface area (Å²) in [5, 5.41) is 14.2. The molecule has 116 valence electrons. The number of hydrogen-bond acceptors (Lipinski definition) is 8. The normalized spacial score (nSPS) is 16.7. The number of aromatic nitrogens is 2. The van der Waals surface area contributed by atoms with Crippen LogP contribution in [-0.2, 0) is 0 Å². The zero-order valence-electron chi connectivity index (χ0n) is 12.3. The van der Waals surface area contributed by atoms with Crippen molar-refractivity contribution in [1.82, 2.24) is 14.9 Å². The molecule has 9 nitrogen and oxygen atoms in total. The predicted molar refractivity (Wildman–Crippen MR) is 80.0 cm³/mol. The first-order chi connectivity index (χ1) is 10.0. The van der Waals surface area contributed by atoms with E-state index in [1.54, 1.807) is 6.92 Å². The third kappa shape index (κ3) is 3.56. The van der Waals surface area contributed by atoms with Crippen LogP contribution in [0.3, 0.4) is 0 Å². The molecule has 2 rings (SSSR count). The van der Waals surface area contributed by atoms with Crippen molar-refractivity contribution in [2.24, 2.45) is 5.84 Å². The summed E-state index contributed by atoms with van der Waals surface area (Å²) in [5.74, 6) is 5.65. The maximum Gasteiger partial charge on any atom is 0.332 e. The molecular weight excluding hydrogens is 274 g/mol. The molecule has 0 spiro atoms. The molecule has 1 aliphatic rings. The summed E-state index contributed by atoms with van der Waals surface area (Å²) in [6.45, 7) is 6.39. The number of aryl methyl sites for hydroxylation is 1. The van der Waals surface area contributed by atoms with Gasteiger partial charge in [0.1, 0.15) is 5.69 Å². The molecule has 4 N–H and O–H groups in total. The van der Waals surface area contributed by atoms with E-state index in [0.29, 0.717) is 6.54 Å². The smallest absolute Gasteiger partial charge is 0.332 e. The number of nitrogens with two attached hydrogens (primary N) is 1. The van der Waals surface area contributed by atoms with Gasteiger partial charge in [0.15, 0.2) is 0 Å². The van der Waals surface area contributed by atoms with Crippen molar-refractivity contribution < 1.29 is 4.92 Å². The van der Waals surface area contributed by atoms with E-state index in [2.05, 4.69) is 32.5 Å². The Balaban J connectivity index is 2.13. The first kappa shape index (κ1) is 15.4. The second-order valence-electron chi connectivity index (χ2n) is 5.20. The Morgan fingerprint density at radius 2 is 2.10 bits per heavy atom. The van der Waals surface area contributed by atoms with Crippen LogP contribution in [0.15, 0.2) is 0 Å². The van der Waals surface area contributed by atoms with Crippen molar-refractivity contribution in [3.8, 4) is 0 Å². The Hall–Kier alpha value is -2.00. The highest BCUT2D eigenvalue weighted by atomic mass is 16.6. The van der Waals surface area contributed by atoms with Crippen molar-refractivity contribution in [2.45, 2.75) is 32.7 Å². The molecular formula is C12H21N7O2. The summed E-state index contributed by atoms with van der Waals surface area (Å²) in [6.07, 6.45) is 2.41. The zero-order chi connectivity index (χ0) is 15.4. The Bertz CT molecular complexity index is 517. The van der Waals surface area contributed by atoms with E-state index in [0.717, 1.165) is 13.1 Å². The molecule has 0 saturated carbocycles. The lowest BCUT2D eigenvalue weighted by molar-refractivity contribution is -0.385. The fourth-order valence-electron chi connectivity index (χ4n) is 2.53. The van der Waals surface area contributed by atoms with Crippen LogP contribution in [0.4, 0.5) is 17.5 Å². The molecule has 1 aromatic rings. The van der Waals surface area contributed by atoms with E-state index in [9.17, 15) is 10.1 Å². The number of nitrogens with zero attached hydrogens (tertiary/aromatic N) is 4. The van der Waals surface area contributed by atoms with Gasteiger partial charge in [-0.25, -0.2) is 10.8 Å². The molecule has 1 saturated heterocycles. The standard InChI is InChI=1S/C12H21N7O2/c1-8(18-5-3-4-6-18)7-14-11-10(19(20)21)9(2)15-12(16-11)17-13/h8H,3-7,13H2,1-2H3,(H2,14,15,16,17). The molecule has 1 atom stereocenters. The quantitative estimate of drug-likeness (QED) is 0.401. The summed E-state index contributed by atoms with van der Waals surface area (Å²) < 4.78 is 0. The lowest BCUT2D eigenvalue weighted by Gasteiger charge is -2.24. The van der Waals surface area contributed by atoms with Gasteiger partial charge in [-0.3, -0.25) is 20.4 Å². The van der Waals surface area contributed by atoms with Gasteiger partial charge in [0.05, 0.1) is 4.92 Å². The minimum Gasteiger partial charge on any atom is -0.363 e. The lowest BCUT2D eigenvalue weighted by atomic mass is 10.3. The number of nitro groups is 1. The van der Waals surface area contributed by atoms with Gasteiger partial charge in [0.2, 0.25) is 11.8 Å². The van der Waals surface area contributed by atoms with Crippen LogP contribution in [0.2, 0.25) is 0 Å². The van der Waals surface area contributed by atoms with Gasteiger partial charge in [0, 0.05) is 12.6 Å². The van der Waals surface area contributed by atoms with E-state index in [1.165, 1.54) is 12.8 Å². The second kappa shape index (κ2) is 6.64. The third-order valence-corrected chi connectivity index (χ3v) is 3.70. The fraction of sp³-hybridized carbons (Fsp3) is 0.667. The third-order valence-electron chi connectivity index (χ3n) is 3.70. The van der Waals surface area contributed by atoms with Crippen LogP contribution in [0.1, 0.15) is 25.5 Å². The van der Waals surface area contributed by atoms with E-state index in [1.807, 2.05) is 0 Å². The molecule has 1 aliphatic heterocycles. The highest BCUT2D eigenvalue weighted by Crippen LogP contribution is 2.26. The maximum atomic E-state index is 11.2. The van der Waals surface area contributed by atoms with Crippen LogP contribution < -0.4 is 16.6 Å². The predicted octanol–water partition coefficient (Wildman–Crippen LogP) is 0.875. The summed E-state index contributed by atoms with van der Waals surface area (Å²) >= 11 is 0. The number of anilines is 2. The molecule has 0 amide bonds. The SMILES string of the molecule is Cc1nc(NN)nc(NCC(C)N2CCCC2)c1[N+](=O)[O-]. The van der Waals surface area contributed by atoms with E-state index in [4.69, 9.17) is 5.84 Å². The van der Waals surface area contributed by atoms with Crippen LogP contribution in [0, 0.1) is 17.0 Å². The monoisotopic (exact) mass is 295 g/mol. The van der Waals surface area contributed by atoms with Gasteiger partial charge < -0.3 is 5.32 Å². The Morgan fingerprint density at radius 3 is 2.67 bits per heavy atom. The van der Waals surface area contributed by atoms with E-state index >= 15 is 0 Å². The number of hydrogen-bond donors (Lipinski definition) is 3. The molecule has 9 heteroatoms. The van der Waals surface area contributed by atoms with Crippen molar-refractivity contribution in [2.75, 3.05) is 30.4 Å². The van der Waals surface area contributed by atoms with Crippen LogP contribution >= 0.6 is 0 Å². The molecule has 21 heavy (non-hydrogen) atoms. The van der Waals surface area contributed by atoms with Crippen molar-refractivity contribution in [1.29, 1.82) is 0 Å². The molecule has 1 aromatic heterocycles. The first-order valence-corrected chi connectivity index (χ1v) is 7.00. The lowest BCUT2D eigenvalue weighted by Crippen LogP contribution is -2.35. The number of rotatable bonds is 6. The molecule has 1 fully saturated rings. The number of likely N-dealkylation sites (tertiary alicyclic amines) is 1. The summed E-state index contributed by atoms with van der Waals surface area (Å²) in [7, 11) is 0. The summed E-state index contributed by atoms with van der Waals surface area (Å²) in [4.78, 5) is 21.0. The largest absolute Gasteiger partial charge is 0.363 e. The maximum absolute atomic E-state index is 11.2. The first-order valence-electron chi connectivity index (χ1n) is 7.00. The van der Waals surface area contributed by atoms with Gasteiger partial charge in [-0.2, -0.15) is 4.98 Å². The van der Waals surface area contributed by atoms with Gasteiger partial charge in [-0.05, 0) is 39.8 Å².